The minimum absolute atomic E-state index is 0.00901. The minimum atomic E-state index is 0.00901. The van der Waals surface area contributed by atoms with Crippen LogP contribution in [0.1, 0.15) is 70.6 Å². The van der Waals surface area contributed by atoms with Crippen molar-refractivity contribution in [2.75, 3.05) is 11.9 Å². The molecule has 17 heavy (non-hydrogen) atoms. The van der Waals surface area contributed by atoms with Crippen molar-refractivity contribution in [1.29, 1.82) is 0 Å². The van der Waals surface area contributed by atoms with E-state index in [2.05, 4.69) is 27.8 Å². The number of halogens is 1. The molecule has 0 bridgehead atoms. The number of aliphatic hydroxyl groups excluding tert-OH is 1. The Morgan fingerprint density at radius 3 is 1.59 bits per heavy atom. The summed E-state index contributed by atoms with van der Waals surface area (Å²) in [5.41, 5.74) is 0. The number of alkyl halides is 1. The van der Waals surface area contributed by atoms with Crippen molar-refractivity contribution in [3.63, 3.8) is 0 Å². The first-order valence-corrected chi connectivity index (χ1v) is 8.16. The van der Waals surface area contributed by atoms with Crippen LogP contribution < -0.4 is 0 Å². The van der Waals surface area contributed by atoms with E-state index in [9.17, 15) is 0 Å². The highest BCUT2D eigenvalue weighted by atomic mass is 79.9. The summed E-state index contributed by atoms with van der Waals surface area (Å²) in [7, 11) is 0. The molecular formula is C15H27BrO. The lowest BCUT2D eigenvalue weighted by Gasteiger charge is -2.01. The summed E-state index contributed by atoms with van der Waals surface area (Å²) in [5.74, 6) is 5.65. The second kappa shape index (κ2) is 16.0. The van der Waals surface area contributed by atoms with Crippen molar-refractivity contribution >= 4 is 15.9 Å². The van der Waals surface area contributed by atoms with Crippen LogP contribution in [0.3, 0.4) is 0 Å². The lowest BCUT2D eigenvalue weighted by Crippen LogP contribution is -1.82. The summed E-state index contributed by atoms with van der Waals surface area (Å²) in [5, 5.41) is 9.63. The molecule has 0 aliphatic carbocycles. The Hall–Kier alpha value is 0. The summed E-state index contributed by atoms with van der Waals surface area (Å²) >= 11 is 3.46. The molecule has 0 unspecified atom stereocenters. The zero-order valence-corrected chi connectivity index (χ0v) is 12.6. The fraction of sp³-hybridized carbons (Fsp3) is 0.867. The first-order valence-electron chi connectivity index (χ1n) is 7.04. The van der Waals surface area contributed by atoms with Crippen LogP contribution in [0, 0.1) is 11.8 Å². The third-order valence-electron chi connectivity index (χ3n) is 2.89. The second-order valence-corrected chi connectivity index (χ2v) is 5.28. The smallest absolute Gasteiger partial charge is 0.104 e. The highest BCUT2D eigenvalue weighted by Crippen LogP contribution is 2.11. The summed E-state index contributed by atoms with van der Waals surface area (Å²) < 4.78 is 0. The van der Waals surface area contributed by atoms with Crippen molar-refractivity contribution in [3.05, 3.63) is 0 Å². The van der Waals surface area contributed by atoms with Gasteiger partial charge in [0.2, 0.25) is 0 Å². The molecule has 0 aromatic carbocycles. The Labute approximate surface area is 116 Å². The van der Waals surface area contributed by atoms with Gasteiger partial charge in [-0.2, -0.15) is 0 Å². The van der Waals surface area contributed by atoms with E-state index in [1.807, 2.05) is 0 Å². The summed E-state index contributed by atoms with van der Waals surface area (Å²) in [6, 6.07) is 0. The number of aliphatic hydroxyl groups is 1. The Morgan fingerprint density at radius 1 is 0.647 bits per heavy atom. The number of hydrogen-bond acceptors (Lipinski definition) is 1. The van der Waals surface area contributed by atoms with E-state index < -0.39 is 0 Å². The number of rotatable bonds is 11. The van der Waals surface area contributed by atoms with Crippen LogP contribution in [0.5, 0.6) is 0 Å². The summed E-state index contributed by atoms with van der Waals surface area (Å²) in [6.45, 7) is 0.00901. The molecule has 0 fully saturated rings. The maximum atomic E-state index is 8.47. The molecule has 0 radical (unpaired) electrons. The van der Waals surface area contributed by atoms with E-state index >= 15 is 0 Å². The molecular weight excluding hydrogens is 276 g/mol. The lowest BCUT2D eigenvalue weighted by atomic mass is 10.1. The molecule has 0 aromatic rings. The zero-order valence-electron chi connectivity index (χ0n) is 11.0. The maximum absolute atomic E-state index is 8.47. The van der Waals surface area contributed by atoms with Gasteiger partial charge < -0.3 is 5.11 Å². The molecule has 1 nitrogen and oxygen atoms in total. The zero-order chi connectivity index (χ0) is 12.6. The summed E-state index contributed by atoms with van der Waals surface area (Å²) in [6.07, 6.45) is 14.5. The van der Waals surface area contributed by atoms with Crippen molar-refractivity contribution in [1.82, 2.24) is 0 Å². The van der Waals surface area contributed by atoms with Crippen LogP contribution in [0.15, 0.2) is 0 Å². The topological polar surface area (TPSA) is 20.2 Å². The monoisotopic (exact) mass is 302 g/mol. The maximum Gasteiger partial charge on any atom is 0.104 e. The number of hydrogen-bond donors (Lipinski definition) is 1. The van der Waals surface area contributed by atoms with Crippen molar-refractivity contribution in [2.45, 2.75) is 70.6 Å². The van der Waals surface area contributed by atoms with Gasteiger partial charge in [0, 0.05) is 11.8 Å². The van der Waals surface area contributed by atoms with Gasteiger partial charge in [0.15, 0.2) is 0 Å². The van der Waals surface area contributed by atoms with Crippen LogP contribution in [0.4, 0.5) is 0 Å². The quantitative estimate of drug-likeness (QED) is 0.334. The average Bonchev–Trinajstić information content (AvgIpc) is 2.35. The second-order valence-electron chi connectivity index (χ2n) is 4.49. The van der Waals surface area contributed by atoms with Crippen LogP contribution in [-0.2, 0) is 0 Å². The largest absolute Gasteiger partial charge is 0.384 e. The summed E-state index contributed by atoms with van der Waals surface area (Å²) in [4.78, 5) is 0. The van der Waals surface area contributed by atoms with E-state index in [0.29, 0.717) is 0 Å². The number of unbranched alkanes of at least 4 members (excludes halogenated alkanes) is 10. The molecule has 0 aromatic heterocycles. The Bertz CT molecular complexity index is 193. The van der Waals surface area contributed by atoms with Gasteiger partial charge in [-0.3, -0.25) is 0 Å². The average molecular weight is 303 g/mol. The SMILES string of the molecule is OCC#CCCCCCCCCCCCCBr. The molecule has 2 heteroatoms. The standard InChI is InChI=1S/C15H27BrO/c16-14-12-10-8-6-4-2-1-3-5-7-9-11-13-15-17/h17H,1-10,12,14-15H2. The van der Waals surface area contributed by atoms with E-state index in [-0.39, 0.29) is 6.61 Å². The molecule has 0 heterocycles. The van der Waals surface area contributed by atoms with Crippen molar-refractivity contribution in [2.24, 2.45) is 0 Å². The molecule has 0 atom stereocenters. The van der Waals surface area contributed by atoms with Gasteiger partial charge in [-0.25, -0.2) is 0 Å². The lowest BCUT2D eigenvalue weighted by molar-refractivity contribution is 0.350. The molecule has 1 N–H and O–H groups in total. The Kier molecular flexibility index (Phi) is 16.0. The van der Waals surface area contributed by atoms with Gasteiger partial charge in [0.05, 0.1) is 0 Å². The van der Waals surface area contributed by atoms with Gasteiger partial charge in [-0.1, -0.05) is 73.2 Å². The molecule has 0 saturated carbocycles. The predicted molar refractivity (Wildman–Crippen MR) is 79.4 cm³/mol. The third-order valence-corrected chi connectivity index (χ3v) is 3.45. The van der Waals surface area contributed by atoms with Crippen LogP contribution in [0.25, 0.3) is 0 Å². The molecule has 0 aliphatic rings. The molecule has 0 amide bonds. The fourth-order valence-electron chi connectivity index (χ4n) is 1.87. The predicted octanol–water partition coefficient (Wildman–Crippen LogP) is 4.67. The van der Waals surface area contributed by atoms with Gasteiger partial charge in [0.1, 0.15) is 6.61 Å². The van der Waals surface area contributed by atoms with Crippen LogP contribution in [-0.4, -0.2) is 17.0 Å². The van der Waals surface area contributed by atoms with Gasteiger partial charge in [0.25, 0.3) is 0 Å². The van der Waals surface area contributed by atoms with Gasteiger partial charge in [-0.15, -0.1) is 5.92 Å². The van der Waals surface area contributed by atoms with E-state index in [0.717, 1.165) is 11.8 Å². The molecule has 0 aliphatic heterocycles. The van der Waals surface area contributed by atoms with Crippen molar-refractivity contribution < 1.29 is 5.11 Å². The highest BCUT2D eigenvalue weighted by Gasteiger charge is 1.92. The molecule has 0 spiro atoms. The minimum Gasteiger partial charge on any atom is -0.384 e. The van der Waals surface area contributed by atoms with Gasteiger partial charge in [-0.05, 0) is 12.8 Å². The van der Waals surface area contributed by atoms with E-state index in [1.165, 1.54) is 64.2 Å². The Morgan fingerprint density at radius 2 is 1.12 bits per heavy atom. The Balaban J connectivity index is 2.94. The normalized spacial score (nSPS) is 10.0. The van der Waals surface area contributed by atoms with Crippen LogP contribution in [0.2, 0.25) is 0 Å². The van der Waals surface area contributed by atoms with E-state index in [1.54, 1.807) is 0 Å². The van der Waals surface area contributed by atoms with Gasteiger partial charge >= 0.3 is 0 Å². The fourth-order valence-corrected chi connectivity index (χ4v) is 2.26. The van der Waals surface area contributed by atoms with Crippen molar-refractivity contribution in [3.8, 4) is 11.8 Å². The molecule has 0 saturated heterocycles. The van der Waals surface area contributed by atoms with Crippen LogP contribution >= 0.6 is 15.9 Å². The first-order chi connectivity index (χ1) is 8.41. The molecule has 100 valence electrons. The highest BCUT2D eigenvalue weighted by molar-refractivity contribution is 9.09. The van der Waals surface area contributed by atoms with E-state index in [4.69, 9.17) is 5.11 Å². The first kappa shape index (κ1) is 17.0. The molecule has 0 rings (SSSR count). The third kappa shape index (κ3) is 16.0.